The first-order valence-electron chi connectivity index (χ1n) is 6.18. The average molecular weight is 268 g/mol. The standard InChI is InChI=1S/C13H20N2O2S/c1-9-4-5-12(14)6-13(9)18(16,17)15-7-10(2)11(3)8-15/h4-6,10-11H,7-8,14H2,1-3H3. The fraction of sp³-hybridized carbons (Fsp3) is 0.538. The van der Waals surface area contributed by atoms with Gasteiger partial charge in [0.1, 0.15) is 0 Å². The van der Waals surface area contributed by atoms with Gasteiger partial charge in [-0.15, -0.1) is 0 Å². The lowest BCUT2D eigenvalue weighted by Crippen LogP contribution is -2.29. The second-order valence-electron chi connectivity index (χ2n) is 5.30. The summed E-state index contributed by atoms with van der Waals surface area (Å²) in [7, 11) is -3.40. The lowest BCUT2D eigenvalue weighted by molar-refractivity contribution is 0.463. The molecular formula is C13H20N2O2S. The highest BCUT2D eigenvalue weighted by Crippen LogP contribution is 2.30. The second kappa shape index (κ2) is 4.55. The summed E-state index contributed by atoms with van der Waals surface area (Å²) in [6, 6.07) is 5.03. The van der Waals surface area contributed by atoms with Crippen LogP contribution >= 0.6 is 0 Å². The summed E-state index contributed by atoms with van der Waals surface area (Å²) in [5, 5.41) is 0. The zero-order valence-corrected chi connectivity index (χ0v) is 11.9. The Morgan fingerprint density at radius 2 is 1.78 bits per heavy atom. The molecule has 0 aromatic heterocycles. The van der Waals surface area contributed by atoms with E-state index in [9.17, 15) is 8.42 Å². The summed E-state index contributed by atoms with van der Waals surface area (Å²) in [6.07, 6.45) is 0. The molecule has 0 bridgehead atoms. The van der Waals surface area contributed by atoms with Crippen molar-refractivity contribution in [2.75, 3.05) is 18.8 Å². The van der Waals surface area contributed by atoms with E-state index in [-0.39, 0.29) is 0 Å². The van der Waals surface area contributed by atoms with Gasteiger partial charge in [-0.05, 0) is 36.5 Å². The summed E-state index contributed by atoms with van der Waals surface area (Å²) in [4.78, 5) is 0.337. The summed E-state index contributed by atoms with van der Waals surface area (Å²) in [5.41, 5.74) is 6.93. The summed E-state index contributed by atoms with van der Waals surface area (Å²) in [5.74, 6) is 0.808. The number of hydrogen-bond donors (Lipinski definition) is 1. The van der Waals surface area contributed by atoms with Crippen molar-refractivity contribution >= 4 is 15.7 Å². The highest BCUT2D eigenvalue weighted by Gasteiger charge is 2.35. The van der Waals surface area contributed by atoms with Crippen LogP contribution in [0.5, 0.6) is 0 Å². The molecule has 18 heavy (non-hydrogen) atoms. The predicted molar refractivity (Wildman–Crippen MR) is 72.7 cm³/mol. The molecule has 0 radical (unpaired) electrons. The van der Waals surface area contributed by atoms with Gasteiger partial charge in [0.25, 0.3) is 0 Å². The van der Waals surface area contributed by atoms with Gasteiger partial charge in [-0.25, -0.2) is 8.42 Å². The van der Waals surface area contributed by atoms with E-state index in [0.717, 1.165) is 5.56 Å². The van der Waals surface area contributed by atoms with E-state index in [1.54, 1.807) is 29.4 Å². The minimum Gasteiger partial charge on any atom is -0.399 e. The molecule has 1 fully saturated rings. The van der Waals surface area contributed by atoms with Crippen molar-refractivity contribution in [2.45, 2.75) is 25.7 Å². The number of benzene rings is 1. The quantitative estimate of drug-likeness (QED) is 0.833. The van der Waals surface area contributed by atoms with Crippen LogP contribution in [-0.2, 0) is 10.0 Å². The Bertz CT molecular complexity index is 544. The van der Waals surface area contributed by atoms with Crippen LogP contribution in [0.4, 0.5) is 5.69 Å². The first kappa shape index (κ1) is 13.4. The van der Waals surface area contributed by atoms with Crippen molar-refractivity contribution in [3.8, 4) is 0 Å². The Morgan fingerprint density at radius 3 is 2.33 bits per heavy atom. The number of sulfonamides is 1. The third-order valence-corrected chi connectivity index (χ3v) is 5.76. The zero-order valence-electron chi connectivity index (χ0n) is 11.1. The molecule has 1 aliphatic heterocycles. The first-order chi connectivity index (χ1) is 8.32. The van der Waals surface area contributed by atoms with E-state index in [1.807, 2.05) is 0 Å². The van der Waals surface area contributed by atoms with Gasteiger partial charge < -0.3 is 5.73 Å². The van der Waals surface area contributed by atoms with Crippen LogP contribution in [0.2, 0.25) is 0 Å². The maximum atomic E-state index is 12.6. The Kier molecular flexibility index (Phi) is 3.38. The fourth-order valence-corrected chi connectivity index (χ4v) is 4.21. The Labute approximate surface area is 109 Å². The SMILES string of the molecule is Cc1ccc(N)cc1S(=O)(=O)N1CC(C)C(C)C1. The Balaban J connectivity index is 2.40. The van der Waals surface area contributed by atoms with E-state index in [0.29, 0.717) is 35.5 Å². The van der Waals surface area contributed by atoms with Gasteiger partial charge in [0.2, 0.25) is 10.0 Å². The number of hydrogen-bond acceptors (Lipinski definition) is 3. The molecular weight excluding hydrogens is 248 g/mol. The van der Waals surface area contributed by atoms with Crippen molar-refractivity contribution in [3.05, 3.63) is 23.8 Å². The molecule has 1 saturated heterocycles. The minimum atomic E-state index is -3.40. The van der Waals surface area contributed by atoms with E-state index in [2.05, 4.69) is 13.8 Å². The normalized spacial score (nSPS) is 25.5. The van der Waals surface area contributed by atoms with Gasteiger partial charge in [0, 0.05) is 18.8 Å². The molecule has 2 N–H and O–H groups in total. The molecule has 5 heteroatoms. The third-order valence-electron chi connectivity index (χ3n) is 3.78. The van der Waals surface area contributed by atoms with Crippen LogP contribution < -0.4 is 5.73 Å². The predicted octanol–water partition coefficient (Wildman–Crippen LogP) is 1.85. The molecule has 0 amide bonds. The van der Waals surface area contributed by atoms with Gasteiger partial charge in [-0.1, -0.05) is 19.9 Å². The largest absolute Gasteiger partial charge is 0.399 e. The number of nitrogens with zero attached hydrogens (tertiary/aromatic N) is 1. The summed E-state index contributed by atoms with van der Waals surface area (Å²) >= 11 is 0. The molecule has 0 spiro atoms. The Hall–Kier alpha value is -1.07. The number of aryl methyl sites for hydroxylation is 1. The lowest BCUT2D eigenvalue weighted by Gasteiger charge is -2.18. The van der Waals surface area contributed by atoms with Gasteiger partial charge in [0.05, 0.1) is 4.90 Å². The van der Waals surface area contributed by atoms with Crippen LogP contribution in [-0.4, -0.2) is 25.8 Å². The van der Waals surface area contributed by atoms with E-state index in [4.69, 9.17) is 5.73 Å². The maximum Gasteiger partial charge on any atom is 0.243 e. The smallest absolute Gasteiger partial charge is 0.243 e. The fourth-order valence-electron chi connectivity index (χ4n) is 2.31. The van der Waals surface area contributed by atoms with E-state index < -0.39 is 10.0 Å². The first-order valence-corrected chi connectivity index (χ1v) is 7.62. The molecule has 4 nitrogen and oxygen atoms in total. The van der Waals surface area contributed by atoms with E-state index in [1.165, 1.54) is 0 Å². The molecule has 2 unspecified atom stereocenters. The van der Waals surface area contributed by atoms with Gasteiger partial charge >= 0.3 is 0 Å². The molecule has 0 saturated carbocycles. The highest BCUT2D eigenvalue weighted by molar-refractivity contribution is 7.89. The number of nitrogen functional groups attached to an aromatic ring is 1. The molecule has 1 aromatic rings. The van der Waals surface area contributed by atoms with Crippen molar-refractivity contribution in [2.24, 2.45) is 11.8 Å². The van der Waals surface area contributed by atoms with Crippen LogP contribution in [0.3, 0.4) is 0 Å². The highest BCUT2D eigenvalue weighted by atomic mass is 32.2. The van der Waals surface area contributed by atoms with Crippen molar-refractivity contribution in [1.29, 1.82) is 0 Å². The van der Waals surface area contributed by atoms with Crippen LogP contribution in [0.15, 0.2) is 23.1 Å². The molecule has 1 aliphatic rings. The average Bonchev–Trinajstić information content (AvgIpc) is 2.63. The number of nitrogens with two attached hydrogens (primary N) is 1. The second-order valence-corrected chi connectivity index (χ2v) is 7.21. The van der Waals surface area contributed by atoms with Crippen LogP contribution in [0.1, 0.15) is 19.4 Å². The number of anilines is 1. The maximum absolute atomic E-state index is 12.6. The molecule has 2 atom stereocenters. The molecule has 100 valence electrons. The third kappa shape index (κ3) is 2.24. The zero-order chi connectivity index (χ0) is 13.5. The van der Waals surface area contributed by atoms with E-state index >= 15 is 0 Å². The van der Waals surface area contributed by atoms with Crippen molar-refractivity contribution < 1.29 is 8.42 Å². The Morgan fingerprint density at radius 1 is 1.22 bits per heavy atom. The molecule has 1 aromatic carbocycles. The van der Waals surface area contributed by atoms with Gasteiger partial charge in [0.15, 0.2) is 0 Å². The van der Waals surface area contributed by atoms with Gasteiger partial charge in [-0.3, -0.25) is 0 Å². The summed E-state index contributed by atoms with van der Waals surface area (Å²) < 4.78 is 26.7. The molecule has 1 heterocycles. The monoisotopic (exact) mass is 268 g/mol. The topological polar surface area (TPSA) is 63.4 Å². The van der Waals surface area contributed by atoms with Crippen molar-refractivity contribution in [3.63, 3.8) is 0 Å². The molecule has 0 aliphatic carbocycles. The van der Waals surface area contributed by atoms with Gasteiger partial charge in [-0.2, -0.15) is 4.31 Å². The molecule has 2 rings (SSSR count). The van der Waals surface area contributed by atoms with Crippen LogP contribution in [0.25, 0.3) is 0 Å². The van der Waals surface area contributed by atoms with Crippen LogP contribution in [0, 0.1) is 18.8 Å². The number of rotatable bonds is 2. The summed E-state index contributed by atoms with van der Waals surface area (Å²) in [6.45, 7) is 7.17. The lowest BCUT2D eigenvalue weighted by atomic mass is 10.0. The van der Waals surface area contributed by atoms with Crippen molar-refractivity contribution in [1.82, 2.24) is 4.31 Å². The minimum absolute atomic E-state index is 0.337.